The van der Waals surface area contributed by atoms with Gasteiger partial charge in [0, 0.05) is 17.0 Å². The lowest BCUT2D eigenvalue weighted by atomic mass is 10.1. The third-order valence-corrected chi connectivity index (χ3v) is 3.26. The molecule has 8 heteroatoms. The fourth-order valence-electron chi connectivity index (χ4n) is 1.62. The van der Waals surface area contributed by atoms with Crippen molar-refractivity contribution in [3.8, 4) is 0 Å². The van der Waals surface area contributed by atoms with Gasteiger partial charge in [-0.3, -0.25) is 0 Å². The van der Waals surface area contributed by atoms with Crippen molar-refractivity contribution < 1.29 is 8.42 Å². The summed E-state index contributed by atoms with van der Waals surface area (Å²) in [5, 5.41) is 6.08. The van der Waals surface area contributed by atoms with Crippen LogP contribution in [0.5, 0.6) is 0 Å². The lowest BCUT2D eigenvalue weighted by Crippen LogP contribution is -2.22. The second-order valence-corrected chi connectivity index (χ2v) is 5.10. The fourth-order valence-corrected chi connectivity index (χ4v) is 2.38. The molecule has 6 N–H and O–H groups in total. The van der Waals surface area contributed by atoms with E-state index in [1.54, 1.807) is 18.2 Å². The van der Waals surface area contributed by atoms with Gasteiger partial charge in [-0.1, -0.05) is 12.1 Å². The number of primary sulfonamides is 1. The SMILES string of the molecule is NC(N)=Nc1nccc2c(S(N)(=O)=O)cccc12. The van der Waals surface area contributed by atoms with Crippen LogP contribution in [0.1, 0.15) is 0 Å². The van der Waals surface area contributed by atoms with E-state index in [0.717, 1.165) is 0 Å². The number of nitrogens with two attached hydrogens (primary N) is 3. The molecule has 18 heavy (non-hydrogen) atoms. The monoisotopic (exact) mass is 265 g/mol. The predicted octanol–water partition coefficient (Wildman–Crippen LogP) is -0.213. The van der Waals surface area contributed by atoms with E-state index in [2.05, 4.69) is 9.98 Å². The maximum absolute atomic E-state index is 11.5. The first-order chi connectivity index (χ1) is 8.39. The summed E-state index contributed by atoms with van der Waals surface area (Å²) in [7, 11) is -3.81. The summed E-state index contributed by atoms with van der Waals surface area (Å²) in [6, 6.07) is 6.17. The van der Waals surface area contributed by atoms with Gasteiger partial charge >= 0.3 is 0 Å². The molecular formula is C10H11N5O2S. The standard InChI is InChI=1S/C10H11N5O2S/c11-10(12)15-9-7-2-1-3-8(18(13,16)17)6(7)4-5-14-9/h1-5H,(H2,13,16,17)(H4,11,12,14,15). The number of aliphatic imine (C=N–C) groups is 1. The molecule has 0 unspecified atom stereocenters. The molecule has 0 saturated heterocycles. The predicted molar refractivity (Wildman–Crippen MR) is 68.6 cm³/mol. The van der Waals surface area contributed by atoms with Crippen LogP contribution < -0.4 is 16.6 Å². The Morgan fingerprint density at radius 2 is 1.89 bits per heavy atom. The maximum Gasteiger partial charge on any atom is 0.238 e. The molecule has 0 saturated carbocycles. The Bertz CT molecular complexity index is 735. The Labute approximate surface area is 103 Å². The molecule has 0 aliphatic rings. The van der Waals surface area contributed by atoms with E-state index >= 15 is 0 Å². The third kappa shape index (κ3) is 2.24. The Morgan fingerprint density at radius 3 is 2.50 bits per heavy atom. The van der Waals surface area contributed by atoms with Crippen LogP contribution in [0.25, 0.3) is 10.8 Å². The molecule has 94 valence electrons. The van der Waals surface area contributed by atoms with E-state index in [1.807, 2.05) is 0 Å². The van der Waals surface area contributed by atoms with Crippen LogP contribution in [-0.4, -0.2) is 19.4 Å². The highest BCUT2D eigenvalue weighted by atomic mass is 32.2. The quantitative estimate of drug-likeness (QED) is 0.509. The van der Waals surface area contributed by atoms with E-state index in [0.29, 0.717) is 10.8 Å². The van der Waals surface area contributed by atoms with Crippen LogP contribution in [0.4, 0.5) is 5.82 Å². The normalized spacial score (nSPS) is 11.4. The molecule has 0 aliphatic heterocycles. The Balaban J connectivity index is 2.86. The molecule has 0 aliphatic carbocycles. The highest BCUT2D eigenvalue weighted by molar-refractivity contribution is 7.89. The Hall–Kier alpha value is -2.19. The van der Waals surface area contributed by atoms with Crippen LogP contribution in [0.3, 0.4) is 0 Å². The molecule has 0 amide bonds. The number of nitrogens with zero attached hydrogens (tertiary/aromatic N) is 2. The molecule has 2 rings (SSSR count). The van der Waals surface area contributed by atoms with Gasteiger partial charge in [-0.2, -0.15) is 4.99 Å². The minimum absolute atomic E-state index is 0.00874. The van der Waals surface area contributed by atoms with Crippen molar-refractivity contribution >= 4 is 32.6 Å². The van der Waals surface area contributed by atoms with Crippen LogP contribution >= 0.6 is 0 Å². The minimum atomic E-state index is -3.81. The molecule has 0 spiro atoms. The molecule has 0 radical (unpaired) electrons. The lowest BCUT2D eigenvalue weighted by molar-refractivity contribution is 0.598. The highest BCUT2D eigenvalue weighted by Gasteiger charge is 2.13. The summed E-state index contributed by atoms with van der Waals surface area (Å²) >= 11 is 0. The van der Waals surface area contributed by atoms with Crippen LogP contribution in [0.15, 0.2) is 40.4 Å². The number of pyridine rings is 1. The van der Waals surface area contributed by atoms with Crippen molar-refractivity contribution in [2.75, 3.05) is 0 Å². The lowest BCUT2D eigenvalue weighted by Gasteiger charge is -2.05. The number of aromatic nitrogens is 1. The van der Waals surface area contributed by atoms with E-state index in [1.165, 1.54) is 12.3 Å². The zero-order valence-electron chi connectivity index (χ0n) is 9.24. The number of fused-ring (bicyclic) bond motifs is 1. The van der Waals surface area contributed by atoms with Crippen molar-refractivity contribution in [1.82, 2.24) is 4.98 Å². The second kappa shape index (κ2) is 4.24. The van der Waals surface area contributed by atoms with Crippen molar-refractivity contribution in [3.63, 3.8) is 0 Å². The summed E-state index contributed by atoms with van der Waals surface area (Å²) in [6.07, 6.45) is 1.42. The van der Waals surface area contributed by atoms with Gasteiger partial charge in [-0.15, -0.1) is 0 Å². The van der Waals surface area contributed by atoms with Crippen LogP contribution in [0.2, 0.25) is 0 Å². The van der Waals surface area contributed by atoms with Crippen molar-refractivity contribution in [2.45, 2.75) is 4.90 Å². The number of hydrogen-bond donors (Lipinski definition) is 3. The molecule has 1 aromatic carbocycles. The Morgan fingerprint density at radius 1 is 1.17 bits per heavy atom. The number of sulfonamides is 1. The van der Waals surface area contributed by atoms with E-state index < -0.39 is 10.0 Å². The summed E-state index contributed by atoms with van der Waals surface area (Å²) in [5.74, 6) is 0.0917. The average molecular weight is 265 g/mol. The number of benzene rings is 1. The number of hydrogen-bond acceptors (Lipinski definition) is 4. The van der Waals surface area contributed by atoms with Crippen molar-refractivity contribution in [1.29, 1.82) is 0 Å². The van der Waals surface area contributed by atoms with Crippen molar-refractivity contribution in [2.24, 2.45) is 21.6 Å². The molecule has 0 atom stereocenters. The molecular weight excluding hydrogens is 254 g/mol. The van der Waals surface area contributed by atoms with Crippen LogP contribution in [0, 0.1) is 0 Å². The maximum atomic E-state index is 11.5. The van der Waals surface area contributed by atoms with Gasteiger partial charge in [0.05, 0.1) is 4.90 Å². The Kier molecular flexibility index (Phi) is 2.89. The zero-order valence-corrected chi connectivity index (χ0v) is 10.1. The minimum Gasteiger partial charge on any atom is -0.370 e. The molecule has 0 fully saturated rings. The summed E-state index contributed by atoms with van der Waals surface area (Å²) in [5.41, 5.74) is 10.6. The molecule has 2 aromatic rings. The molecule has 0 bridgehead atoms. The summed E-state index contributed by atoms with van der Waals surface area (Å²) < 4.78 is 22.9. The largest absolute Gasteiger partial charge is 0.370 e. The van der Waals surface area contributed by atoms with Gasteiger partial charge in [0.25, 0.3) is 0 Å². The first-order valence-electron chi connectivity index (χ1n) is 4.90. The van der Waals surface area contributed by atoms with Crippen LogP contribution in [-0.2, 0) is 10.0 Å². The second-order valence-electron chi connectivity index (χ2n) is 3.57. The van der Waals surface area contributed by atoms with Gasteiger partial charge in [-0.05, 0) is 12.1 Å². The highest BCUT2D eigenvalue weighted by Crippen LogP contribution is 2.27. The third-order valence-electron chi connectivity index (χ3n) is 2.29. The van der Waals surface area contributed by atoms with Gasteiger partial charge in [0.2, 0.25) is 10.0 Å². The molecule has 1 heterocycles. The van der Waals surface area contributed by atoms with E-state index in [-0.39, 0.29) is 16.7 Å². The van der Waals surface area contributed by atoms with Gasteiger partial charge in [-0.25, -0.2) is 18.5 Å². The average Bonchev–Trinajstić information content (AvgIpc) is 2.26. The number of rotatable bonds is 2. The molecule has 7 nitrogen and oxygen atoms in total. The summed E-state index contributed by atoms with van der Waals surface area (Å²) in [4.78, 5) is 7.83. The zero-order chi connectivity index (χ0) is 13.3. The van der Waals surface area contributed by atoms with Crippen molar-refractivity contribution in [3.05, 3.63) is 30.5 Å². The smallest absolute Gasteiger partial charge is 0.238 e. The van der Waals surface area contributed by atoms with Gasteiger partial charge in [0.1, 0.15) is 0 Å². The van der Waals surface area contributed by atoms with E-state index in [9.17, 15) is 8.42 Å². The fraction of sp³-hybridized carbons (Fsp3) is 0. The van der Waals surface area contributed by atoms with E-state index in [4.69, 9.17) is 16.6 Å². The molecule has 1 aromatic heterocycles. The first kappa shape index (κ1) is 12.3. The number of guanidine groups is 1. The summed E-state index contributed by atoms with van der Waals surface area (Å²) in [6.45, 7) is 0. The van der Waals surface area contributed by atoms with Gasteiger partial charge in [0.15, 0.2) is 11.8 Å². The topological polar surface area (TPSA) is 137 Å². The van der Waals surface area contributed by atoms with Gasteiger partial charge < -0.3 is 11.5 Å². The first-order valence-corrected chi connectivity index (χ1v) is 6.44.